The van der Waals surface area contributed by atoms with Gasteiger partial charge < -0.3 is 14.4 Å². The molecule has 0 bridgehead atoms. The lowest BCUT2D eigenvalue weighted by molar-refractivity contribution is 0.358. The maximum absolute atomic E-state index is 5.70. The minimum atomic E-state index is 0.765. The molecule has 3 aromatic carbocycles. The highest BCUT2D eigenvalue weighted by Gasteiger charge is 2.21. The first-order valence-corrected chi connectivity index (χ1v) is 7.26. The third-order valence-electron chi connectivity index (χ3n) is 4.34. The Morgan fingerprint density at radius 1 is 0.955 bits per heavy atom. The van der Waals surface area contributed by atoms with E-state index >= 15 is 0 Å². The smallest absolute Gasteiger partial charge is 0.169 e. The van der Waals surface area contributed by atoms with Crippen LogP contribution in [0.4, 0.5) is 5.69 Å². The third kappa shape index (κ3) is 1.62. The zero-order chi connectivity index (χ0) is 15.3. The van der Waals surface area contributed by atoms with Gasteiger partial charge in [-0.05, 0) is 34.5 Å². The number of rotatable bonds is 2. The predicted octanol–water partition coefficient (Wildman–Crippen LogP) is 4.43. The topological polar surface area (TPSA) is 21.7 Å². The Bertz CT molecular complexity index is 928. The standard InChI is InChI=1S/C19H17NO2/c1-20-9-8-13-11-16(21-2)19(22-3)18-14-7-5-4-6-12(14)10-15(20)17(13)18/h4-11H,1-3H3. The van der Waals surface area contributed by atoms with Crippen molar-refractivity contribution in [1.29, 1.82) is 0 Å². The molecule has 0 aliphatic carbocycles. The molecule has 0 fully saturated rings. The van der Waals surface area contributed by atoms with Crippen molar-refractivity contribution in [1.82, 2.24) is 0 Å². The minimum Gasteiger partial charge on any atom is -0.493 e. The highest BCUT2D eigenvalue weighted by atomic mass is 16.5. The first-order valence-electron chi connectivity index (χ1n) is 7.26. The fourth-order valence-electron chi connectivity index (χ4n) is 3.30. The quantitative estimate of drug-likeness (QED) is 0.652. The van der Waals surface area contributed by atoms with Gasteiger partial charge in [-0.15, -0.1) is 0 Å². The summed E-state index contributed by atoms with van der Waals surface area (Å²) in [5.74, 6) is 1.56. The molecule has 110 valence electrons. The van der Waals surface area contributed by atoms with E-state index in [0.717, 1.165) is 22.4 Å². The van der Waals surface area contributed by atoms with E-state index in [9.17, 15) is 0 Å². The van der Waals surface area contributed by atoms with E-state index in [1.165, 1.54) is 21.8 Å². The molecule has 4 rings (SSSR count). The van der Waals surface area contributed by atoms with Gasteiger partial charge in [-0.1, -0.05) is 24.3 Å². The number of methoxy groups -OCH3 is 2. The molecular weight excluding hydrogens is 274 g/mol. The minimum absolute atomic E-state index is 0.765. The molecule has 0 amide bonds. The number of ether oxygens (including phenoxy) is 2. The van der Waals surface area contributed by atoms with Crippen molar-refractivity contribution in [2.45, 2.75) is 0 Å². The van der Waals surface area contributed by atoms with Crippen molar-refractivity contribution in [3.8, 4) is 11.5 Å². The number of fused-ring (bicyclic) bond motifs is 2. The van der Waals surface area contributed by atoms with Gasteiger partial charge in [0, 0.05) is 29.7 Å². The maximum Gasteiger partial charge on any atom is 0.169 e. The average Bonchev–Trinajstić information content (AvgIpc) is 2.57. The van der Waals surface area contributed by atoms with Crippen LogP contribution in [-0.2, 0) is 0 Å². The van der Waals surface area contributed by atoms with Crippen LogP contribution in [0.5, 0.6) is 11.5 Å². The van der Waals surface area contributed by atoms with E-state index in [1.807, 2.05) is 6.07 Å². The molecule has 3 nitrogen and oxygen atoms in total. The summed E-state index contributed by atoms with van der Waals surface area (Å²) in [4.78, 5) is 2.15. The fraction of sp³-hybridized carbons (Fsp3) is 0.158. The van der Waals surface area contributed by atoms with Gasteiger partial charge in [0.05, 0.1) is 14.2 Å². The largest absolute Gasteiger partial charge is 0.493 e. The molecule has 3 aromatic rings. The Labute approximate surface area is 129 Å². The van der Waals surface area contributed by atoms with Crippen LogP contribution in [0.2, 0.25) is 0 Å². The van der Waals surface area contributed by atoms with Crippen molar-refractivity contribution in [3.05, 3.63) is 48.2 Å². The Morgan fingerprint density at radius 2 is 1.77 bits per heavy atom. The number of hydrogen-bond donors (Lipinski definition) is 0. The molecule has 3 heteroatoms. The van der Waals surface area contributed by atoms with Gasteiger partial charge in [-0.3, -0.25) is 0 Å². The lowest BCUT2D eigenvalue weighted by Gasteiger charge is -2.25. The van der Waals surface area contributed by atoms with Gasteiger partial charge in [-0.2, -0.15) is 0 Å². The zero-order valence-corrected chi connectivity index (χ0v) is 12.9. The summed E-state index contributed by atoms with van der Waals surface area (Å²) >= 11 is 0. The second-order valence-electron chi connectivity index (χ2n) is 5.49. The highest BCUT2D eigenvalue weighted by molar-refractivity contribution is 6.19. The molecule has 1 aliphatic heterocycles. The Hall–Kier alpha value is -2.68. The molecule has 0 spiro atoms. The second-order valence-corrected chi connectivity index (χ2v) is 5.49. The van der Waals surface area contributed by atoms with Crippen LogP contribution in [0.25, 0.3) is 27.6 Å². The molecule has 0 unspecified atom stereocenters. The summed E-state index contributed by atoms with van der Waals surface area (Å²) in [7, 11) is 5.45. The first kappa shape index (κ1) is 13.0. The molecule has 0 N–H and O–H groups in total. The predicted molar refractivity (Wildman–Crippen MR) is 92.0 cm³/mol. The SMILES string of the molecule is COc1cc2c3c(cc4ccccc4c3c1OC)N(C)C=C2. The highest BCUT2D eigenvalue weighted by Crippen LogP contribution is 2.47. The van der Waals surface area contributed by atoms with E-state index in [2.05, 4.69) is 54.6 Å². The molecule has 1 aliphatic rings. The summed E-state index contributed by atoms with van der Waals surface area (Å²) < 4.78 is 11.3. The Morgan fingerprint density at radius 3 is 2.55 bits per heavy atom. The van der Waals surface area contributed by atoms with Gasteiger partial charge in [0.1, 0.15) is 0 Å². The fourth-order valence-corrected chi connectivity index (χ4v) is 3.30. The van der Waals surface area contributed by atoms with Crippen LogP contribution in [0.15, 0.2) is 42.6 Å². The van der Waals surface area contributed by atoms with Crippen LogP contribution in [0.3, 0.4) is 0 Å². The summed E-state index contributed by atoms with van der Waals surface area (Å²) in [5, 5.41) is 4.70. The zero-order valence-electron chi connectivity index (χ0n) is 12.9. The van der Waals surface area contributed by atoms with E-state index < -0.39 is 0 Å². The van der Waals surface area contributed by atoms with Crippen LogP contribution in [0.1, 0.15) is 5.56 Å². The van der Waals surface area contributed by atoms with Crippen LogP contribution in [-0.4, -0.2) is 21.3 Å². The Balaban J connectivity index is 2.32. The molecule has 0 atom stereocenters. The van der Waals surface area contributed by atoms with E-state index in [4.69, 9.17) is 9.47 Å². The number of benzene rings is 3. The maximum atomic E-state index is 5.70. The van der Waals surface area contributed by atoms with E-state index in [-0.39, 0.29) is 0 Å². The normalized spacial score (nSPS) is 13.0. The lowest BCUT2D eigenvalue weighted by atomic mass is 9.93. The first-order chi connectivity index (χ1) is 10.7. The molecule has 22 heavy (non-hydrogen) atoms. The summed E-state index contributed by atoms with van der Waals surface area (Å²) in [6, 6.07) is 12.7. The van der Waals surface area contributed by atoms with Gasteiger partial charge in [0.25, 0.3) is 0 Å². The van der Waals surface area contributed by atoms with E-state index in [0.29, 0.717) is 0 Å². The summed E-state index contributed by atoms with van der Waals surface area (Å²) in [6.07, 6.45) is 4.20. The summed E-state index contributed by atoms with van der Waals surface area (Å²) in [5.41, 5.74) is 2.35. The molecule has 0 saturated carbocycles. The second kappa shape index (κ2) is 4.67. The lowest BCUT2D eigenvalue weighted by Crippen LogP contribution is -2.12. The monoisotopic (exact) mass is 291 g/mol. The summed E-state index contributed by atoms with van der Waals surface area (Å²) in [6.45, 7) is 0. The van der Waals surface area contributed by atoms with Crippen molar-refractivity contribution < 1.29 is 9.47 Å². The molecule has 0 saturated heterocycles. The molecular formula is C19H17NO2. The van der Waals surface area contributed by atoms with Gasteiger partial charge in [-0.25, -0.2) is 0 Å². The van der Waals surface area contributed by atoms with Crippen molar-refractivity contribution >= 4 is 33.3 Å². The van der Waals surface area contributed by atoms with E-state index in [1.54, 1.807) is 14.2 Å². The number of hydrogen-bond acceptors (Lipinski definition) is 3. The van der Waals surface area contributed by atoms with Gasteiger partial charge in [0.15, 0.2) is 11.5 Å². The van der Waals surface area contributed by atoms with Gasteiger partial charge in [0.2, 0.25) is 0 Å². The Kier molecular flexibility index (Phi) is 2.76. The van der Waals surface area contributed by atoms with Crippen LogP contribution < -0.4 is 14.4 Å². The number of anilines is 1. The molecule has 0 aromatic heterocycles. The van der Waals surface area contributed by atoms with Crippen molar-refractivity contribution in [2.24, 2.45) is 0 Å². The molecule has 0 radical (unpaired) electrons. The van der Waals surface area contributed by atoms with Crippen molar-refractivity contribution in [3.63, 3.8) is 0 Å². The number of nitrogens with zero attached hydrogens (tertiary/aromatic N) is 1. The third-order valence-corrected chi connectivity index (χ3v) is 4.34. The van der Waals surface area contributed by atoms with Crippen molar-refractivity contribution in [2.75, 3.05) is 26.2 Å². The van der Waals surface area contributed by atoms with Gasteiger partial charge >= 0.3 is 0 Å². The molecule has 1 heterocycles. The average molecular weight is 291 g/mol. The van der Waals surface area contributed by atoms with Crippen LogP contribution in [0, 0.1) is 0 Å². The van der Waals surface area contributed by atoms with Crippen LogP contribution >= 0.6 is 0 Å².